The van der Waals surface area contributed by atoms with Crippen LogP contribution in [0.5, 0.6) is 11.5 Å². The fourth-order valence-electron chi connectivity index (χ4n) is 1.96. The van der Waals surface area contributed by atoms with Crippen molar-refractivity contribution in [2.24, 2.45) is 5.73 Å². The summed E-state index contributed by atoms with van der Waals surface area (Å²) in [7, 11) is 2.96. The average Bonchev–Trinajstić information content (AvgIpc) is 2.46. The molecule has 1 aromatic heterocycles. The number of aliphatic carboxylic acids is 1. The Morgan fingerprint density at radius 1 is 1.29 bits per heavy atom. The van der Waals surface area contributed by atoms with E-state index in [1.54, 1.807) is 12.1 Å². The molecule has 0 aliphatic heterocycles. The highest BCUT2D eigenvalue weighted by Gasteiger charge is 2.17. The number of carbonyl (C=O) groups is 1. The summed E-state index contributed by atoms with van der Waals surface area (Å²) in [6.45, 7) is 0. The lowest BCUT2D eigenvalue weighted by atomic mass is 10.1. The highest BCUT2D eigenvalue weighted by molar-refractivity contribution is 5.81. The van der Waals surface area contributed by atoms with Crippen molar-refractivity contribution >= 4 is 16.9 Å². The number of nitrogens with two attached hydrogens (primary N) is 1. The third kappa shape index (κ3) is 2.97. The Kier molecular flexibility index (Phi) is 4.13. The van der Waals surface area contributed by atoms with Crippen molar-refractivity contribution in [3.63, 3.8) is 0 Å². The quantitative estimate of drug-likeness (QED) is 0.783. The van der Waals surface area contributed by atoms with E-state index in [9.17, 15) is 9.59 Å². The van der Waals surface area contributed by atoms with Crippen molar-refractivity contribution in [3.8, 4) is 11.5 Å². The minimum absolute atomic E-state index is 0.109. The number of hydrogen-bond donors (Lipinski definition) is 2. The minimum Gasteiger partial charge on any atom is -0.493 e. The number of hydrogen-bond acceptors (Lipinski definition) is 6. The minimum atomic E-state index is -1.18. The van der Waals surface area contributed by atoms with Gasteiger partial charge in [-0.15, -0.1) is 0 Å². The van der Waals surface area contributed by atoms with Crippen LogP contribution in [0.1, 0.15) is 5.56 Å². The maximum atomic E-state index is 11.9. The topological polar surface area (TPSA) is 112 Å². The molecule has 0 amide bonds. The predicted octanol–water partition coefficient (Wildman–Crippen LogP) is 0.765. The van der Waals surface area contributed by atoms with Crippen LogP contribution in [0.3, 0.4) is 0 Å². The molecule has 21 heavy (non-hydrogen) atoms. The van der Waals surface area contributed by atoms with Crippen molar-refractivity contribution < 1.29 is 23.8 Å². The van der Waals surface area contributed by atoms with Gasteiger partial charge in [0, 0.05) is 23.4 Å². The van der Waals surface area contributed by atoms with Gasteiger partial charge in [0.15, 0.2) is 11.5 Å². The second kappa shape index (κ2) is 5.84. The van der Waals surface area contributed by atoms with Crippen molar-refractivity contribution in [1.29, 1.82) is 0 Å². The molecule has 0 radical (unpaired) electrons. The number of rotatable bonds is 5. The number of ether oxygens (including phenoxy) is 2. The third-order valence-corrected chi connectivity index (χ3v) is 3.07. The van der Waals surface area contributed by atoms with Gasteiger partial charge in [-0.1, -0.05) is 0 Å². The van der Waals surface area contributed by atoms with Crippen molar-refractivity contribution in [2.75, 3.05) is 14.2 Å². The monoisotopic (exact) mass is 293 g/mol. The van der Waals surface area contributed by atoms with Crippen molar-refractivity contribution in [3.05, 3.63) is 34.2 Å². The average molecular weight is 293 g/mol. The van der Waals surface area contributed by atoms with E-state index in [2.05, 4.69) is 0 Å². The van der Waals surface area contributed by atoms with Gasteiger partial charge in [-0.05, 0) is 12.1 Å². The van der Waals surface area contributed by atoms with Crippen LogP contribution in [0.15, 0.2) is 27.4 Å². The summed E-state index contributed by atoms with van der Waals surface area (Å²) in [5.41, 5.74) is 5.34. The summed E-state index contributed by atoms with van der Waals surface area (Å²) in [4.78, 5) is 22.6. The van der Waals surface area contributed by atoms with Gasteiger partial charge < -0.3 is 24.7 Å². The summed E-state index contributed by atoms with van der Waals surface area (Å²) in [5, 5.41) is 9.40. The Morgan fingerprint density at radius 2 is 1.90 bits per heavy atom. The Labute approximate surface area is 119 Å². The maximum absolute atomic E-state index is 11.9. The third-order valence-electron chi connectivity index (χ3n) is 3.07. The van der Waals surface area contributed by atoms with E-state index in [-0.39, 0.29) is 12.0 Å². The van der Waals surface area contributed by atoms with Crippen LogP contribution < -0.4 is 20.8 Å². The van der Waals surface area contributed by atoms with Gasteiger partial charge in [0.25, 0.3) is 0 Å². The fourth-order valence-corrected chi connectivity index (χ4v) is 1.96. The van der Waals surface area contributed by atoms with E-state index in [1.807, 2.05) is 0 Å². The molecule has 3 N–H and O–H groups in total. The molecule has 7 heteroatoms. The molecular weight excluding hydrogens is 278 g/mol. The Bertz CT molecular complexity index is 736. The van der Waals surface area contributed by atoms with Crippen LogP contribution in [0, 0.1) is 0 Å². The molecule has 2 aromatic rings. The number of methoxy groups -OCH3 is 2. The molecule has 1 aromatic carbocycles. The lowest BCUT2D eigenvalue weighted by molar-refractivity contribution is -0.138. The van der Waals surface area contributed by atoms with Crippen LogP contribution in [0.2, 0.25) is 0 Å². The van der Waals surface area contributed by atoms with E-state index >= 15 is 0 Å². The maximum Gasteiger partial charge on any atom is 0.339 e. The smallest absolute Gasteiger partial charge is 0.339 e. The summed E-state index contributed by atoms with van der Waals surface area (Å²) in [6.07, 6.45) is -0.109. The van der Waals surface area contributed by atoms with E-state index in [4.69, 9.17) is 24.7 Å². The number of carboxylic acids is 1. The Balaban J connectivity index is 2.53. The summed E-state index contributed by atoms with van der Waals surface area (Å²) in [5.74, 6) is -0.266. The largest absolute Gasteiger partial charge is 0.493 e. The molecule has 1 atom stereocenters. The summed E-state index contributed by atoms with van der Waals surface area (Å²) >= 11 is 0. The van der Waals surface area contributed by atoms with Crippen LogP contribution in [0.4, 0.5) is 0 Å². The molecule has 112 valence electrons. The molecule has 0 unspecified atom stereocenters. The molecule has 0 aliphatic carbocycles. The lowest BCUT2D eigenvalue weighted by Gasteiger charge is -2.10. The molecule has 0 saturated carbocycles. The molecule has 7 nitrogen and oxygen atoms in total. The molecule has 0 saturated heterocycles. The molecule has 0 fully saturated rings. The van der Waals surface area contributed by atoms with E-state index in [0.717, 1.165) is 0 Å². The standard InChI is InChI=1S/C14H15NO6/c1-19-11-5-7-3-8(4-9(15)13(16)17)14(18)21-10(7)6-12(11)20-2/h3,5-6,9H,4,15H2,1-2H3,(H,16,17)/t9-/m0/s1. The zero-order valence-electron chi connectivity index (χ0n) is 11.6. The fraction of sp³-hybridized carbons (Fsp3) is 0.286. The van der Waals surface area contributed by atoms with Gasteiger partial charge in [0.05, 0.1) is 14.2 Å². The highest BCUT2D eigenvalue weighted by atomic mass is 16.5. The van der Waals surface area contributed by atoms with E-state index in [1.165, 1.54) is 20.3 Å². The Hall–Kier alpha value is -2.54. The highest BCUT2D eigenvalue weighted by Crippen LogP contribution is 2.31. The zero-order valence-corrected chi connectivity index (χ0v) is 11.6. The lowest BCUT2D eigenvalue weighted by Crippen LogP contribution is -2.33. The van der Waals surface area contributed by atoms with E-state index < -0.39 is 17.6 Å². The SMILES string of the molecule is COc1cc2cc(C[C@H](N)C(=O)O)c(=O)oc2cc1OC. The zero-order chi connectivity index (χ0) is 15.6. The second-order valence-electron chi connectivity index (χ2n) is 4.45. The first kappa shape index (κ1) is 14.9. The molecule has 2 rings (SSSR count). The first-order valence-electron chi connectivity index (χ1n) is 6.13. The predicted molar refractivity (Wildman–Crippen MR) is 74.9 cm³/mol. The van der Waals surface area contributed by atoms with Crippen molar-refractivity contribution in [2.45, 2.75) is 12.5 Å². The normalized spacial score (nSPS) is 12.1. The molecule has 1 heterocycles. The van der Waals surface area contributed by atoms with Crippen LogP contribution in [0.25, 0.3) is 11.0 Å². The molecule has 0 aliphatic rings. The van der Waals surface area contributed by atoms with Crippen LogP contribution in [-0.2, 0) is 11.2 Å². The molecule has 0 bridgehead atoms. The van der Waals surface area contributed by atoms with Gasteiger partial charge >= 0.3 is 11.6 Å². The van der Waals surface area contributed by atoms with Gasteiger partial charge in [0.2, 0.25) is 0 Å². The van der Waals surface area contributed by atoms with Crippen molar-refractivity contribution in [1.82, 2.24) is 0 Å². The summed E-state index contributed by atoms with van der Waals surface area (Å²) < 4.78 is 15.5. The first-order chi connectivity index (χ1) is 9.96. The number of carboxylic acid groups (broad SMARTS) is 1. The van der Waals surface area contributed by atoms with E-state index in [0.29, 0.717) is 22.5 Å². The second-order valence-corrected chi connectivity index (χ2v) is 4.45. The van der Waals surface area contributed by atoms with Gasteiger partial charge in [-0.2, -0.15) is 0 Å². The van der Waals surface area contributed by atoms with Gasteiger partial charge in [0.1, 0.15) is 11.6 Å². The number of fused-ring (bicyclic) bond motifs is 1. The van der Waals surface area contributed by atoms with Crippen LogP contribution >= 0.6 is 0 Å². The molecule has 0 spiro atoms. The first-order valence-corrected chi connectivity index (χ1v) is 6.13. The Morgan fingerprint density at radius 3 is 2.48 bits per heavy atom. The molecular formula is C14H15NO6. The van der Waals surface area contributed by atoms with Crippen LogP contribution in [-0.4, -0.2) is 31.3 Å². The van der Waals surface area contributed by atoms with Gasteiger partial charge in [-0.3, -0.25) is 4.79 Å². The number of benzene rings is 1. The van der Waals surface area contributed by atoms with Gasteiger partial charge in [-0.25, -0.2) is 4.79 Å². The summed E-state index contributed by atoms with van der Waals surface area (Å²) in [6, 6.07) is 3.57.